The zero-order valence-electron chi connectivity index (χ0n) is 8.01. The molecule has 1 spiro atoms. The quantitative estimate of drug-likeness (QED) is 0.461. The Morgan fingerprint density at radius 1 is 0.857 bits per heavy atom. The predicted octanol–water partition coefficient (Wildman–Crippen LogP) is 4.06. The summed E-state index contributed by atoms with van der Waals surface area (Å²) in [5.41, 5.74) is 0. The molecule has 4 bridgehead atoms. The molecule has 3 heteroatoms. The molecule has 1 heterocycles. The molecule has 5 fully saturated rings. The average molecular weight is 249 g/mol. The van der Waals surface area contributed by atoms with Crippen LogP contribution < -0.4 is 0 Å². The molecular formula is C11H14Cl2S. The smallest absolute Gasteiger partial charge is 0.110 e. The Balaban J connectivity index is 1.76. The molecule has 0 atom stereocenters. The summed E-state index contributed by atoms with van der Waals surface area (Å²) in [6.45, 7) is 0. The molecule has 0 N–H and O–H groups in total. The number of alkyl halides is 2. The lowest BCUT2D eigenvalue weighted by atomic mass is 9.52. The average Bonchev–Trinajstić information content (AvgIpc) is 2.65. The van der Waals surface area contributed by atoms with Crippen LogP contribution >= 0.6 is 35.0 Å². The molecule has 0 aromatic carbocycles. The van der Waals surface area contributed by atoms with Gasteiger partial charge in [-0.25, -0.2) is 0 Å². The topological polar surface area (TPSA) is 0 Å². The van der Waals surface area contributed by atoms with Gasteiger partial charge in [-0.1, -0.05) is 23.2 Å². The minimum atomic E-state index is -0.421. The number of hydrogen-bond donors (Lipinski definition) is 0. The Bertz CT molecular complexity index is 272. The van der Waals surface area contributed by atoms with Crippen LogP contribution in [-0.2, 0) is 0 Å². The Morgan fingerprint density at radius 2 is 1.29 bits per heavy atom. The molecular weight excluding hydrogens is 235 g/mol. The fourth-order valence-electron chi connectivity index (χ4n) is 4.71. The maximum absolute atomic E-state index is 6.37. The lowest BCUT2D eigenvalue weighted by Crippen LogP contribution is -2.52. The van der Waals surface area contributed by atoms with Crippen molar-refractivity contribution in [2.45, 2.75) is 40.5 Å². The highest BCUT2D eigenvalue weighted by Crippen LogP contribution is 2.82. The molecule has 4 aliphatic carbocycles. The standard InChI is InChI=1S/C11H14Cl2S/c12-11(13)10(14-11)8-2-6-1-7(4-8)5-9(10)3-6/h6-9H,1-5H2. The van der Waals surface area contributed by atoms with Gasteiger partial charge in [-0.05, 0) is 55.8 Å². The van der Waals surface area contributed by atoms with E-state index in [-0.39, 0.29) is 0 Å². The van der Waals surface area contributed by atoms with E-state index >= 15 is 0 Å². The number of thioether (sulfide) groups is 1. The van der Waals surface area contributed by atoms with Gasteiger partial charge in [0.15, 0.2) is 3.67 Å². The maximum atomic E-state index is 6.37. The van der Waals surface area contributed by atoms with E-state index in [0.29, 0.717) is 4.75 Å². The van der Waals surface area contributed by atoms with Crippen LogP contribution in [0.5, 0.6) is 0 Å². The van der Waals surface area contributed by atoms with Crippen LogP contribution in [0, 0.1) is 23.7 Å². The van der Waals surface area contributed by atoms with E-state index in [1.54, 1.807) is 0 Å². The first kappa shape index (κ1) is 9.01. The summed E-state index contributed by atoms with van der Waals surface area (Å²) in [5, 5.41) is 0. The number of halogens is 2. The lowest BCUT2D eigenvalue weighted by Gasteiger charge is -2.54. The van der Waals surface area contributed by atoms with E-state index in [2.05, 4.69) is 0 Å². The second-order valence-electron chi connectivity index (χ2n) is 5.72. The highest BCUT2D eigenvalue weighted by Gasteiger charge is 2.77. The maximum Gasteiger partial charge on any atom is 0.179 e. The molecule has 0 amide bonds. The van der Waals surface area contributed by atoms with Crippen LogP contribution in [0.2, 0.25) is 0 Å². The van der Waals surface area contributed by atoms with Crippen molar-refractivity contribution in [3.63, 3.8) is 0 Å². The van der Waals surface area contributed by atoms with Crippen molar-refractivity contribution >= 4 is 35.0 Å². The van der Waals surface area contributed by atoms with E-state index in [9.17, 15) is 0 Å². The molecule has 0 aromatic heterocycles. The second-order valence-corrected chi connectivity index (χ2v) is 8.98. The molecule has 0 unspecified atom stereocenters. The van der Waals surface area contributed by atoms with Crippen LogP contribution in [0.3, 0.4) is 0 Å². The van der Waals surface area contributed by atoms with Crippen molar-refractivity contribution in [2.75, 3.05) is 0 Å². The van der Waals surface area contributed by atoms with Crippen molar-refractivity contribution in [1.29, 1.82) is 0 Å². The largest absolute Gasteiger partial charge is 0.179 e. The summed E-state index contributed by atoms with van der Waals surface area (Å²) < 4.78 is -0.126. The molecule has 5 rings (SSSR count). The van der Waals surface area contributed by atoms with Gasteiger partial charge < -0.3 is 0 Å². The highest BCUT2D eigenvalue weighted by atomic mass is 35.5. The summed E-state index contributed by atoms with van der Waals surface area (Å²) in [5.74, 6) is 3.74. The van der Waals surface area contributed by atoms with E-state index in [4.69, 9.17) is 23.2 Å². The SMILES string of the molecule is ClC1(Cl)SC12C1CC3CC(C1)CC2C3. The Morgan fingerprint density at radius 3 is 1.64 bits per heavy atom. The fraction of sp³-hybridized carbons (Fsp3) is 1.00. The minimum Gasteiger partial charge on any atom is -0.110 e. The molecule has 1 saturated heterocycles. The van der Waals surface area contributed by atoms with Crippen LogP contribution in [0.1, 0.15) is 32.1 Å². The Labute approximate surface area is 99.1 Å². The van der Waals surface area contributed by atoms with Gasteiger partial charge >= 0.3 is 0 Å². The molecule has 78 valence electrons. The fourth-order valence-corrected chi connectivity index (χ4v) is 7.52. The Kier molecular flexibility index (Phi) is 1.57. The molecule has 0 radical (unpaired) electrons. The van der Waals surface area contributed by atoms with E-state index in [1.165, 1.54) is 32.1 Å². The first-order chi connectivity index (χ1) is 6.62. The van der Waals surface area contributed by atoms with Crippen molar-refractivity contribution in [1.82, 2.24) is 0 Å². The summed E-state index contributed by atoms with van der Waals surface area (Å²) in [7, 11) is 0. The van der Waals surface area contributed by atoms with Gasteiger partial charge in [0.25, 0.3) is 0 Å². The molecule has 0 aromatic rings. The van der Waals surface area contributed by atoms with E-state index in [1.807, 2.05) is 11.8 Å². The summed E-state index contributed by atoms with van der Waals surface area (Å²) in [6.07, 6.45) is 7.18. The van der Waals surface area contributed by atoms with Gasteiger partial charge in [0.1, 0.15) is 0 Å². The third-order valence-corrected chi connectivity index (χ3v) is 8.07. The van der Waals surface area contributed by atoms with Crippen molar-refractivity contribution in [3.05, 3.63) is 0 Å². The monoisotopic (exact) mass is 248 g/mol. The third-order valence-electron chi connectivity index (χ3n) is 5.06. The zero-order chi connectivity index (χ0) is 9.55. The van der Waals surface area contributed by atoms with Crippen LogP contribution in [-0.4, -0.2) is 8.41 Å². The van der Waals surface area contributed by atoms with Gasteiger partial charge in [0.05, 0.1) is 4.75 Å². The van der Waals surface area contributed by atoms with E-state index in [0.717, 1.165) is 23.7 Å². The summed E-state index contributed by atoms with van der Waals surface area (Å²) in [6, 6.07) is 0. The summed E-state index contributed by atoms with van der Waals surface area (Å²) >= 11 is 14.6. The normalized spacial score (nSPS) is 62.1. The van der Waals surface area contributed by atoms with Gasteiger partial charge in [-0.2, -0.15) is 0 Å². The molecule has 0 nitrogen and oxygen atoms in total. The molecule has 14 heavy (non-hydrogen) atoms. The van der Waals surface area contributed by atoms with Gasteiger partial charge in [-0.15, -0.1) is 11.8 Å². The zero-order valence-corrected chi connectivity index (χ0v) is 10.3. The first-order valence-corrected chi connectivity index (χ1v) is 7.27. The highest BCUT2D eigenvalue weighted by molar-refractivity contribution is 8.12. The first-order valence-electron chi connectivity index (χ1n) is 5.70. The second kappa shape index (κ2) is 2.43. The predicted molar refractivity (Wildman–Crippen MR) is 61.8 cm³/mol. The van der Waals surface area contributed by atoms with Crippen LogP contribution in [0.4, 0.5) is 0 Å². The summed E-state index contributed by atoms with van der Waals surface area (Å²) in [4.78, 5) is 0. The van der Waals surface area contributed by atoms with Crippen LogP contribution in [0.25, 0.3) is 0 Å². The van der Waals surface area contributed by atoms with Crippen LogP contribution in [0.15, 0.2) is 0 Å². The minimum absolute atomic E-state index is 0.295. The van der Waals surface area contributed by atoms with Crippen molar-refractivity contribution in [3.8, 4) is 0 Å². The van der Waals surface area contributed by atoms with Gasteiger partial charge in [0.2, 0.25) is 0 Å². The van der Waals surface area contributed by atoms with E-state index < -0.39 is 3.67 Å². The van der Waals surface area contributed by atoms with Gasteiger partial charge in [-0.3, -0.25) is 0 Å². The Hall–Kier alpha value is 0.930. The van der Waals surface area contributed by atoms with Crippen molar-refractivity contribution < 1.29 is 0 Å². The molecule has 1 aliphatic heterocycles. The van der Waals surface area contributed by atoms with Crippen molar-refractivity contribution in [2.24, 2.45) is 23.7 Å². The van der Waals surface area contributed by atoms with Gasteiger partial charge in [0, 0.05) is 0 Å². The third kappa shape index (κ3) is 0.872. The molecule has 4 saturated carbocycles. The number of hydrogen-bond acceptors (Lipinski definition) is 1. The lowest BCUT2D eigenvalue weighted by molar-refractivity contribution is -0.00198. The molecule has 5 aliphatic rings. The number of rotatable bonds is 0.